The first-order valence-corrected chi connectivity index (χ1v) is 4.69. The third kappa shape index (κ3) is 1.79. The highest BCUT2D eigenvalue weighted by Crippen LogP contribution is 2.17. The molecule has 0 radical (unpaired) electrons. The number of carbonyl (C=O) groups is 1. The van der Waals surface area contributed by atoms with Crippen molar-refractivity contribution in [3.8, 4) is 0 Å². The number of benzene rings is 1. The van der Waals surface area contributed by atoms with E-state index in [1.807, 2.05) is 6.07 Å². The molecule has 4 heteroatoms. The van der Waals surface area contributed by atoms with Gasteiger partial charge in [-0.3, -0.25) is 0 Å². The van der Waals surface area contributed by atoms with Gasteiger partial charge in [0.2, 0.25) is 0 Å². The number of ether oxygens (including phenoxy) is 1. The van der Waals surface area contributed by atoms with Crippen molar-refractivity contribution in [2.24, 2.45) is 0 Å². The largest absolute Gasteiger partial charge is 0.462 e. The molecule has 76 valence electrons. The first-order chi connectivity index (χ1) is 7.33. The Hall–Kier alpha value is -1.97. The average Bonchev–Trinajstić information content (AvgIpc) is 2.28. The van der Waals surface area contributed by atoms with E-state index in [-0.39, 0.29) is 5.97 Å². The molecule has 0 aliphatic rings. The van der Waals surface area contributed by atoms with Gasteiger partial charge in [-0.05, 0) is 13.0 Å². The molecule has 1 aromatic carbocycles. The second-order valence-corrected chi connectivity index (χ2v) is 3.02. The van der Waals surface area contributed by atoms with E-state index in [4.69, 9.17) is 4.74 Å². The molecule has 0 atom stereocenters. The highest BCUT2D eigenvalue weighted by Gasteiger charge is 2.10. The minimum absolute atomic E-state index is 0.323. The Labute approximate surface area is 86.9 Å². The maximum Gasteiger partial charge on any atom is 0.338 e. The maximum absolute atomic E-state index is 11.6. The summed E-state index contributed by atoms with van der Waals surface area (Å²) in [6.07, 6.45) is 3.19. The van der Waals surface area contributed by atoms with Crippen LogP contribution in [0.2, 0.25) is 0 Å². The van der Waals surface area contributed by atoms with Crippen LogP contribution in [0.1, 0.15) is 17.3 Å². The molecule has 4 nitrogen and oxygen atoms in total. The van der Waals surface area contributed by atoms with Crippen molar-refractivity contribution in [3.63, 3.8) is 0 Å². The van der Waals surface area contributed by atoms with E-state index in [2.05, 4.69) is 10.2 Å². The standard InChI is InChI=1S/C11H10N2O2/c1-2-15-11(14)9-5-3-4-8-6-12-13-7-10(8)9/h3-7H,2H2,1H3. The first kappa shape index (κ1) is 9.58. The van der Waals surface area contributed by atoms with E-state index in [0.29, 0.717) is 12.2 Å². The Balaban J connectivity index is 2.56. The molecule has 0 unspecified atom stereocenters. The van der Waals surface area contributed by atoms with Crippen LogP contribution in [0.5, 0.6) is 0 Å². The number of aromatic nitrogens is 2. The van der Waals surface area contributed by atoms with Crippen LogP contribution in [0.4, 0.5) is 0 Å². The third-order valence-corrected chi connectivity index (χ3v) is 2.09. The van der Waals surface area contributed by atoms with Crippen LogP contribution in [-0.4, -0.2) is 22.8 Å². The van der Waals surface area contributed by atoms with E-state index in [1.165, 1.54) is 0 Å². The normalized spacial score (nSPS) is 10.2. The lowest BCUT2D eigenvalue weighted by Crippen LogP contribution is -2.05. The van der Waals surface area contributed by atoms with Crippen molar-refractivity contribution >= 4 is 16.7 Å². The molecule has 15 heavy (non-hydrogen) atoms. The lowest BCUT2D eigenvalue weighted by atomic mass is 10.1. The van der Waals surface area contributed by atoms with Gasteiger partial charge in [-0.25, -0.2) is 4.79 Å². The maximum atomic E-state index is 11.6. The summed E-state index contributed by atoms with van der Waals surface area (Å²) in [6, 6.07) is 5.41. The van der Waals surface area contributed by atoms with Crippen LogP contribution >= 0.6 is 0 Å². The number of esters is 1. The zero-order valence-corrected chi connectivity index (χ0v) is 8.30. The van der Waals surface area contributed by atoms with Crippen LogP contribution in [0.25, 0.3) is 10.8 Å². The van der Waals surface area contributed by atoms with Crippen LogP contribution in [0.3, 0.4) is 0 Å². The summed E-state index contributed by atoms with van der Waals surface area (Å²) in [5.41, 5.74) is 0.532. The van der Waals surface area contributed by atoms with E-state index in [9.17, 15) is 4.79 Å². The third-order valence-electron chi connectivity index (χ3n) is 2.09. The molecule has 2 aromatic rings. The molecule has 0 N–H and O–H groups in total. The van der Waals surface area contributed by atoms with Gasteiger partial charge in [-0.2, -0.15) is 10.2 Å². The Bertz CT molecular complexity index is 491. The minimum Gasteiger partial charge on any atom is -0.462 e. The average molecular weight is 202 g/mol. The highest BCUT2D eigenvalue weighted by molar-refractivity contribution is 6.03. The Kier molecular flexibility index (Phi) is 2.58. The summed E-state index contributed by atoms with van der Waals surface area (Å²) in [4.78, 5) is 11.6. The van der Waals surface area contributed by atoms with Gasteiger partial charge >= 0.3 is 5.97 Å². The zero-order valence-electron chi connectivity index (χ0n) is 8.30. The van der Waals surface area contributed by atoms with Crippen molar-refractivity contribution < 1.29 is 9.53 Å². The Morgan fingerprint density at radius 3 is 2.93 bits per heavy atom. The van der Waals surface area contributed by atoms with E-state index in [0.717, 1.165) is 10.8 Å². The lowest BCUT2D eigenvalue weighted by Gasteiger charge is -2.04. The predicted octanol–water partition coefficient (Wildman–Crippen LogP) is 1.81. The van der Waals surface area contributed by atoms with Gasteiger partial charge in [0.05, 0.1) is 24.6 Å². The number of hydrogen-bond acceptors (Lipinski definition) is 4. The fourth-order valence-electron chi connectivity index (χ4n) is 1.41. The second-order valence-electron chi connectivity index (χ2n) is 3.02. The summed E-state index contributed by atoms with van der Waals surface area (Å²) in [5, 5.41) is 9.17. The van der Waals surface area contributed by atoms with Gasteiger partial charge in [-0.1, -0.05) is 12.1 Å². The molecule has 0 aliphatic heterocycles. The zero-order chi connectivity index (χ0) is 10.7. The molecule has 0 spiro atoms. The number of carbonyl (C=O) groups excluding carboxylic acids is 1. The van der Waals surface area contributed by atoms with Gasteiger partial charge in [-0.15, -0.1) is 0 Å². The number of hydrogen-bond donors (Lipinski definition) is 0. The lowest BCUT2D eigenvalue weighted by molar-refractivity contribution is 0.0528. The molecular weight excluding hydrogens is 192 g/mol. The van der Waals surface area contributed by atoms with Gasteiger partial charge < -0.3 is 4.74 Å². The highest BCUT2D eigenvalue weighted by atomic mass is 16.5. The van der Waals surface area contributed by atoms with Crippen LogP contribution in [0.15, 0.2) is 30.6 Å². The Morgan fingerprint density at radius 2 is 2.13 bits per heavy atom. The number of nitrogens with zero attached hydrogens (tertiary/aromatic N) is 2. The minimum atomic E-state index is -0.323. The van der Waals surface area contributed by atoms with Gasteiger partial charge in [0.25, 0.3) is 0 Å². The van der Waals surface area contributed by atoms with Crippen molar-refractivity contribution in [1.82, 2.24) is 10.2 Å². The van der Waals surface area contributed by atoms with E-state index >= 15 is 0 Å². The Morgan fingerprint density at radius 1 is 1.33 bits per heavy atom. The summed E-state index contributed by atoms with van der Waals surface area (Å²) < 4.78 is 4.95. The number of rotatable bonds is 2. The second kappa shape index (κ2) is 4.04. The van der Waals surface area contributed by atoms with Crippen molar-refractivity contribution in [2.45, 2.75) is 6.92 Å². The summed E-state index contributed by atoms with van der Waals surface area (Å²) >= 11 is 0. The van der Waals surface area contributed by atoms with E-state index in [1.54, 1.807) is 31.5 Å². The van der Waals surface area contributed by atoms with Crippen molar-refractivity contribution in [3.05, 3.63) is 36.2 Å². The molecule has 1 heterocycles. The molecular formula is C11H10N2O2. The monoisotopic (exact) mass is 202 g/mol. The summed E-state index contributed by atoms with van der Waals surface area (Å²) in [7, 11) is 0. The van der Waals surface area contributed by atoms with Gasteiger partial charge in [0, 0.05) is 10.8 Å². The van der Waals surface area contributed by atoms with Crippen LogP contribution in [-0.2, 0) is 4.74 Å². The summed E-state index contributed by atoms with van der Waals surface area (Å²) in [6.45, 7) is 2.15. The van der Waals surface area contributed by atoms with Crippen molar-refractivity contribution in [2.75, 3.05) is 6.61 Å². The first-order valence-electron chi connectivity index (χ1n) is 4.69. The van der Waals surface area contributed by atoms with Crippen molar-refractivity contribution in [1.29, 1.82) is 0 Å². The molecule has 2 rings (SSSR count). The summed E-state index contributed by atoms with van der Waals surface area (Å²) in [5.74, 6) is -0.323. The molecule has 0 saturated carbocycles. The van der Waals surface area contributed by atoms with Crippen LogP contribution < -0.4 is 0 Å². The molecule has 1 aromatic heterocycles. The fourth-order valence-corrected chi connectivity index (χ4v) is 1.41. The number of fused-ring (bicyclic) bond motifs is 1. The van der Waals surface area contributed by atoms with Gasteiger partial charge in [0.1, 0.15) is 0 Å². The molecule has 0 aliphatic carbocycles. The van der Waals surface area contributed by atoms with Gasteiger partial charge in [0.15, 0.2) is 0 Å². The quantitative estimate of drug-likeness (QED) is 0.697. The predicted molar refractivity (Wildman–Crippen MR) is 55.5 cm³/mol. The molecule has 0 amide bonds. The SMILES string of the molecule is CCOC(=O)c1cccc2cnncc12. The molecule has 0 fully saturated rings. The smallest absolute Gasteiger partial charge is 0.338 e. The van der Waals surface area contributed by atoms with Crippen LogP contribution in [0, 0.1) is 0 Å². The molecule has 0 bridgehead atoms. The molecule has 0 saturated heterocycles. The van der Waals surface area contributed by atoms with E-state index < -0.39 is 0 Å². The fraction of sp³-hybridized carbons (Fsp3) is 0.182. The topological polar surface area (TPSA) is 52.1 Å².